The second-order valence-corrected chi connectivity index (χ2v) is 3.85. The van der Waals surface area contributed by atoms with E-state index < -0.39 is 0 Å². The maximum Gasteiger partial charge on any atom is 0.169 e. The molecule has 1 heterocycles. The smallest absolute Gasteiger partial charge is 0.169 e. The highest BCUT2D eigenvalue weighted by molar-refractivity contribution is 7.18. The molecule has 1 nitrogen and oxygen atoms in total. The molecule has 0 aliphatic carbocycles. The van der Waals surface area contributed by atoms with Crippen molar-refractivity contribution in [1.29, 1.82) is 0 Å². The van der Waals surface area contributed by atoms with E-state index in [2.05, 4.69) is 0 Å². The monoisotopic (exact) mass is 194 g/mol. The van der Waals surface area contributed by atoms with Gasteiger partial charge >= 0.3 is 0 Å². The van der Waals surface area contributed by atoms with Gasteiger partial charge in [0, 0.05) is 0 Å². The van der Waals surface area contributed by atoms with E-state index >= 15 is 0 Å². The van der Waals surface area contributed by atoms with Gasteiger partial charge in [-0.25, -0.2) is 0 Å². The number of hydrogen-bond donors (Lipinski definition) is 0. The Morgan fingerprint density at radius 3 is 2.40 bits per heavy atom. The topological polar surface area (TPSA) is 17.1 Å². The summed E-state index contributed by atoms with van der Waals surface area (Å²) in [6.07, 6.45) is 0. The van der Waals surface area contributed by atoms with Crippen molar-refractivity contribution >= 4 is 40.3 Å². The van der Waals surface area contributed by atoms with Crippen LogP contribution in [0.4, 0.5) is 0 Å². The van der Waals surface area contributed by atoms with Gasteiger partial charge in [0.1, 0.15) is 4.34 Å². The quantitative estimate of drug-likeness (QED) is 0.628. The molecule has 0 atom stereocenters. The molecule has 0 saturated heterocycles. The number of halogens is 2. The molecule has 0 fully saturated rings. The summed E-state index contributed by atoms with van der Waals surface area (Å²) in [5.41, 5.74) is 0. The van der Waals surface area contributed by atoms with Crippen molar-refractivity contribution in [2.75, 3.05) is 0 Å². The third-order valence-corrected chi connectivity index (χ3v) is 2.96. The van der Waals surface area contributed by atoms with E-state index in [1.165, 1.54) is 18.3 Å². The minimum Gasteiger partial charge on any atom is -0.294 e. The van der Waals surface area contributed by atoms with Crippen LogP contribution in [0.1, 0.15) is 16.6 Å². The Labute approximate surface area is 72.6 Å². The molecular formula is C6H4Cl2OS. The lowest BCUT2D eigenvalue weighted by Gasteiger charge is -1.80. The first kappa shape index (κ1) is 8.05. The van der Waals surface area contributed by atoms with Crippen LogP contribution in [-0.4, -0.2) is 5.78 Å². The van der Waals surface area contributed by atoms with Crippen molar-refractivity contribution in [3.8, 4) is 0 Å². The van der Waals surface area contributed by atoms with Gasteiger partial charge < -0.3 is 0 Å². The van der Waals surface area contributed by atoms with Crippen molar-refractivity contribution in [2.45, 2.75) is 6.92 Å². The summed E-state index contributed by atoms with van der Waals surface area (Å²) in [5.74, 6) is -0.00111. The summed E-state index contributed by atoms with van der Waals surface area (Å²) in [5, 5.41) is 0.455. The number of carbonyl (C=O) groups is 1. The summed E-state index contributed by atoms with van der Waals surface area (Å²) in [7, 11) is 0. The van der Waals surface area contributed by atoms with Crippen LogP contribution in [0.3, 0.4) is 0 Å². The fourth-order valence-corrected chi connectivity index (χ4v) is 1.78. The fourth-order valence-electron chi connectivity index (χ4n) is 0.520. The Hall–Kier alpha value is -0.0500. The lowest BCUT2D eigenvalue weighted by Crippen LogP contribution is -1.83. The van der Waals surface area contributed by atoms with E-state index in [-0.39, 0.29) is 5.78 Å². The summed E-state index contributed by atoms with van der Waals surface area (Å²) >= 11 is 12.4. The van der Waals surface area contributed by atoms with Crippen LogP contribution >= 0.6 is 34.5 Å². The number of Topliss-reactive ketones (excluding diaryl/α,β-unsaturated/α-hetero) is 1. The predicted octanol–water partition coefficient (Wildman–Crippen LogP) is 3.26. The zero-order valence-electron chi connectivity index (χ0n) is 5.15. The molecule has 0 N–H and O–H groups in total. The fraction of sp³-hybridized carbons (Fsp3) is 0.167. The highest BCUT2D eigenvalue weighted by Crippen LogP contribution is 2.31. The van der Waals surface area contributed by atoms with Gasteiger partial charge in [-0.15, -0.1) is 11.3 Å². The maximum absolute atomic E-state index is 10.7. The molecule has 0 unspecified atom stereocenters. The van der Waals surface area contributed by atoms with Crippen LogP contribution in [0.5, 0.6) is 0 Å². The molecule has 0 amide bonds. The summed E-state index contributed by atoms with van der Waals surface area (Å²) < 4.78 is 0.479. The molecule has 54 valence electrons. The molecule has 0 spiro atoms. The first-order chi connectivity index (χ1) is 4.61. The first-order valence-electron chi connectivity index (χ1n) is 2.57. The van der Waals surface area contributed by atoms with Gasteiger partial charge in [0.15, 0.2) is 5.78 Å². The minimum atomic E-state index is -0.00111. The zero-order valence-corrected chi connectivity index (χ0v) is 7.48. The normalized spacial score (nSPS) is 9.90. The van der Waals surface area contributed by atoms with E-state index in [0.717, 1.165) is 0 Å². The van der Waals surface area contributed by atoms with Crippen LogP contribution in [-0.2, 0) is 0 Å². The number of thiophene rings is 1. The van der Waals surface area contributed by atoms with E-state index in [0.29, 0.717) is 14.2 Å². The zero-order chi connectivity index (χ0) is 7.72. The van der Waals surface area contributed by atoms with Gasteiger partial charge in [0.05, 0.1) is 9.90 Å². The highest BCUT2D eigenvalue weighted by atomic mass is 35.5. The molecule has 4 heteroatoms. The number of rotatable bonds is 1. The van der Waals surface area contributed by atoms with E-state index in [9.17, 15) is 4.79 Å². The molecule has 1 rings (SSSR count). The Bertz CT molecular complexity index is 247. The van der Waals surface area contributed by atoms with Crippen LogP contribution in [0, 0.1) is 0 Å². The van der Waals surface area contributed by atoms with Crippen molar-refractivity contribution in [3.05, 3.63) is 20.3 Å². The molecule has 1 aromatic rings. The molecule has 0 saturated carbocycles. The minimum absolute atomic E-state index is 0.00111. The van der Waals surface area contributed by atoms with Crippen LogP contribution in [0.25, 0.3) is 0 Å². The Morgan fingerprint density at radius 2 is 2.20 bits per heavy atom. The average Bonchev–Trinajstić information content (AvgIpc) is 2.13. The van der Waals surface area contributed by atoms with E-state index in [1.807, 2.05) is 0 Å². The second-order valence-electron chi connectivity index (χ2n) is 1.79. The van der Waals surface area contributed by atoms with Crippen LogP contribution in [0.15, 0.2) is 6.07 Å². The standard InChI is InChI=1S/C6H4Cl2OS/c1-3(9)5-2-4(7)6(8)10-5/h2H,1H3. The van der Waals surface area contributed by atoms with E-state index in [1.54, 1.807) is 6.07 Å². The van der Waals surface area contributed by atoms with Gasteiger partial charge in [-0.3, -0.25) is 4.79 Å². The molecule has 1 aromatic heterocycles. The summed E-state index contributed by atoms with van der Waals surface area (Å²) in [4.78, 5) is 11.3. The SMILES string of the molecule is CC(=O)c1cc(Cl)c(Cl)s1. The molecule has 0 aliphatic heterocycles. The van der Waals surface area contributed by atoms with Gasteiger partial charge in [-0.2, -0.15) is 0 Å². The van der Waals surface area contributed by atoms with E-state index in [4.69, 9.17) is 23.2 Å². The maximum atomic E-state index is 10.7. The van der Waals surface area contributed by atoms with Gasteiger partial charge in [0.25, 0.3) is 0 Å². The predicted molar refractivity (Wildman–Crippen MR) is 44.3 cm³/mol. The summed E-state index contributed by atoms with van der Waals surface area (Å²) in [6.45, 7) is 1.48. The number of ketones is 1. The molecule has 10 heavy (non-hydrogen) atoms. The average molecular weight is 195 g/mol. The molecule has 0 aromatic carbocycles. The lowest BCUT2D eigenvalue weighted by molar-refractivity contribution is 0.102. The second kappa shape index (κ2) is 2.91. The van der Waals surface area contributed by atoms with Crippen molar-refractivity contribution in [3.63, 3.8) is 0 Å². The number of hydrogen-bond acceptors (Lipinski definition) is 2. The Balaban J connectivity index is 3.10. The third kappa shape index (κ3) is 1.51. The van der Waals surface area contributed by atoms with Crippen LogP contribution < -0.4 is 0 Å². The van der Waals surface area contributed by atoms with Crippen molar-refractivity contribution in [1.82, 2.24) is 0 Å². The first-order valence-corrected chi connectivity index (χ1v) is 4.14. The van der Waals surface area contributed by atoms with Gasteiger partial charge in [-0.05, 0) is 13.0 Å². The van der Waals surface area contributed by atoms with Crippen LogP contribution in [0.2, 0.25) is 9.36 Å². The largest absolute Gasteiger partial charge is 0.294 e. The molecule has 0 bridgehead atoms. The highest BCUT2D eigenvalue weighted by Gasteiger charge is 2.07. The Kier molecular flexibility index (Phi) is 2.34. The molecule has 0 aliphatic rings. The van der Waals surface area contributed by atoms with Gasteiger partial charge in [0.2, 0.25) is 0 Å². The third-order valence-electron chi connectivity index (χ3n) is 0.992. The lowest BCUT2D eigenvalue weighted by atomic mass is 10.4. The van der Waals surface area contributed by atoms with Crippen molar-refractivity contribution < 1.29 is 4.79 Å². The Morgan fingerprint density at radius 1 is 1.60 bits per heavy atom. The number of carbonyl (C=O) groups excluding carboxylic acids is 1. The van der Waals surface area contributed by atoms with Crippen molar-refractivity contribution in [2.24, 2.45) is 0 Å². The molecular weight excluding hydrogens is 191 g/mol. The van der Waals surface area contributed by atoms with Gasteiger partial charge in [-0.1, -0.05) is 23.2 Å². The molecule has 0 radical (unpaired) electrons. The summed E-state index contributed by atoms with van der Waals surface area (Å²) in [6, 6.07) is 1.58.